The molecule has 5 nitrogen and oxygen atoms in total. The molecule has 1 N–H and O–H groups in total. The van der Waals surface area contributed by atoms with Gasteiger partial charge in [0.25, 0.3) is 5.91 Å². The smallest absolute Gasteiger partial charge is 0.272 e. The highest BCUT2D eigenvalue weighted by Gasteiger charge is 2.20. The second kappa shape index (κ2) is 6.59. The van der Waals surface area contributed by atoms with Gasteiger partial charge in [0.05, 0.1) is 5.56 Å². The zero-order valence-electron chi connectivity index (χ0n) is 14.2. The largest absolute Gasteiger partial charge is 0.507 e. The number of carbonyl (C=O) groups excluding carboxylic acids is 2. The van der Waals surface area contributed by atoms with E-state index in [0.29, 0.717) is 22.9 Å². The quantitative estimate of drug-likeness (QED) is 0.735. The zero-order valence-corrected chi connectivity index (χ0v) is 14.2. The van der Waals surface area contributed by atoms with Gasteiger partial charge in [-0.2, -0.15) is 0 Å². The number of likely N-dealkylation sites (tertiary alicyclic amines) is 1. The maximum absolute atomic E-state index is 12.4. The van der Waals surface area contributed by atoms with E-state index in [4.69, 9.17) is 0 Å². The Kier molecular flexibility index (Phi) is 4.13. The number of pyridine rings is 1. The van der Waals surface area contributed by atoms with Crippen LogP contribution in [-0.2, 0) is 0 Å². The number of hydrogen-bond acceptors (Lipinski definition) is 4. The van der Waals surface area contributed by atoms with Gasteiger partial charge in [0.2, 0.25) is 0 Å². The Hall–Kier alpha value is -3.21. The van der Waals surface area contributed by atoms with E-state index in [1.807, 2.05) is 29.2 Å². The number of hydrogen-bond donors (Lipinski definition) is 1. The van der Waals surface area contributed by atoms with Crippen molar-refractivity contribution in [1.82, 2.24) is 9.88 Å². The Morgan fingerprint density at radius 1 is 1.04 bits per heavy atom. The maximum Gasteiger partial charge on any atom is 0.272 e. The minimum Gasteiger partial charge on any atom is -0.507 e. The molecule has 0 spiro atoms. The summed E-state index contributed by atoms with van der Waals surface area (Å²) < 4.78 is 0. The van der Waals surface area contributed by atoms with Crippen LogP contribution in [0.2, 0.25) is 0 Å². The van der Waals surface area contributed by atoms with Crippen molar-refractivity contribution in [1.29, 1.82) is 0 Å². The van der Waals surface area contributed by atoms with E-state index in [1.165, 1.54) is 6.07 Å². The molecular formula is C21H18N2O3. The van der Waals surface area contributed by atoms with Gasteiger partial charge in [-0.15, -0.1) is 0 Å². The molecule has 2 heterocycles. The molecule has 26 heavy (non-hydrogen) atoms. The third-order valence-corrected chi connectivity index (χ3v) is 4.87. The van der Waals surface area contributed by atoms with Crippen molar-refractivity contribution in [3.63, 3.8) is 0 Å². The van der Waals surface area contributed by atoms with Crippen LogP contribution in [0, 0.1) is 0 Å². The van der Waals surface area contributed by atoms with Crippen molar-refractivity contribution >= 4 is 23.0 Å². The second-order valence-electron chi connectivity index (χ2n) is 6.48. The predicted octanol–water partition coefficient (Wildman–Crippen LogP) is 3.66. The summed E-state index contributed by atoms with van der Waals surface area (Å²) in [6.07, 6.45) is 4.47. The van der Waals surface area contributed by atoms with Gasteiger partial charge < -0.3 is 10.0 Å². The molecule has 0 aliphatic carbocycles. The number of rotatable bonds is 3. The first kappa shape index (κ1) is 16.3. The lowest BCUT2D eigenvalue weighted by atomic mass is 9.99. The molecule has 4 rings (SSSR count). The fraction of sp³-hybridized carbons (Fsp3) is 0.190. The van der Waals surface area contributed by atoms with Gasteiger partial charge in [-0.25, -0.2) is 0 Å². The Bertz CT molecular complexity index is 990. The summed E-state index contributed by atoms with van der Waals surface area (Å²) in [7, 11) is 0. The molecule has 0 radical (unpaired) electrons. The van der Waals surface area contributed by atoms with E-state index in [0.717, 1.165) is 42.4 Å². The molecule has 1 fully saturated rings. The molecule has 3 aromatic rings. The van der Waals surface area contributed by atoms with E-state index in [-0.39, 0.29) is 11.7 Å². The molecule has 130 valence electrons. The predicted molar refractivity (Wildman–Crippen MR) is 99.4 cm³/mol. The monoisotopic (exact) mass is 346 g/mol. The molecular weight excluding hydrogens is 328 g/mol. The first-order valence-corrected chi connectivity index (χ1v) is 8.64. The molecule has 5 heteroatoms. The molecule has 1 amide bonds. The summed E-state index contributed by atoms with van der Waals surface area (Å²) >= 11 is 0. The SMILES string of the molecule is O=Cc1c(O)ccc2cc(-c3ccc(C(=O)N4CCCC4)nc3)ccc12. The first-order valence-electron chi connectivity index (χ1n) is 8.64. The van der Waals surface area contributed by atoms with Crippen molar-refractivity contribution in [3.8, 4) is 16.9 Å². The third-order valence-electron chi connectivity index (χ3n) is 4.87. The van der Waals surface area contributed by atoms with E-state index < -0.39 is 0 Å². The molecule has 0 atom stereocenters. The van der Waals surface area contributed by atoms with E-state index in [1.54, 1.807) is 18.3 Å². The number of carbonyl (C=O) groups is 2. The lowest BCUT2D eigenvalue weighted by molar-refractivity contribution is 0.0787. The number of aldehydes is 1. The molecule has 1 saturated heterocycles. The minimum absolute atomic E-state index is 0.0151. The van der Waals surface area contributed by atoms with Crippen molar-refractivity contribution in [3.05, 3.63) is 59.9 Å². The lowest BCUT2D eigenvalue weighted by Crippen LogP contribution is -2.28. The summed E-state index contributed by atoms with van der Waals surface area (Å²) in [6.45, 7) is 1.61. The van der Waals surface area contributed by atoms with Gasteiger partial charge in [0, 0.05) is 24.8 Å². The fourth-order valence-corrected chi connectivity index (χ4v) is 3.42. The van der Waals surface area contributed by atoms with Crippen LogP contribution in [-0.4, -0.2) is 40.3 Å². The van der Waals surface area contributed by atoms with Crippen LogP contribution in [0.1, 0.15) is 33.7 Å². The van der Waals surface area contributed by atoms with Gasteiger partial charge >= 0.3 is 0 Å². The van der Waals surface area contributed by atoms with Crippen molar-refractivity contribution in [2.75, 3.05) is 13.1 Å². The van der Waals surface area contributed by atoms with Crippen LogP contribution in [0.5, 0.6) is 5.75 Å². The number of phenolic OH excluding ortho intramolecular Hbond substituents is 1. The van der Waals surface area contributed by atoms with Crippen LogP contribution in [0.15, 0.2) is 48.7 Å². The lowest BCUT2D eigenvalue weighted by Gasteiger charge is -2.14. The Morgan fingerprint density at radius 2 is 1.81 bits per heavy atom. The van der Waals surface area contributed by atoms with Gasteiger partial charge in [-0.3, -0.25) is 14.6 Å². The van der Waals surface area contributed by atoms with Crippen molar-refractivity contribution < 1.29 is 14.7 Å². The highest BCUT2D eigenvalue weighted by atomic mass is 16.3. The standard InChI is InChI=1S/C21H18N2O3/c24-13-18-17-6-3-14(11-15(17)5-8-20(18)25)16-4-7-19(22-12-16)21(26)23-9-1-2-10-23/h3-8,11-13,25H,1-2,9-10H2. The summed E-state index contributed by atoms with van der Waals surface area (Å²) in [6, 6.07) is 12.6. The highest BCUT2D eigenvalue weighted by Crippen LogP contribution is 2.29. The van der Waals surface area contributed by atoms with Gasteiger partial charge in [-0.1, -0.05) is 24.3 Å². The number of aromatic nitrogens is 1. The normalized spacial score (nSPS) is 13.9. The molecule has 1 aliphatic rings. The highest BCUT2D eigenvalue weighted by molar-refractivity contribution is 6.02. The number of benzene rings is 2. The summed E-state index contributed by atoms with van der Waals surface area (Å²) in [5.74, 6) is -0.0367. The van der Waals surface area contributed by atoms with Crippen LogP contribution in [0.3, 0.4) is 0 Å². The van der Waals surface area contributed by atoms with Crippen LogP contribution in [0.25, 0.3) is 21.9 Å². The van der Waals surface area contributed by atoms with Crippen LogP contribution < -0.4 is 0 Å². The van der Waals surface area contributed by atoms with E-state index in [2.05, 4.69) is 4.98 Å². The first-order chi connectivity index (χ1) is 12.7. The summed E-state index contributed by atoms with van der Waals surface area (Å²) in [4.78, 5) is 29.8. The zero-order chi connectivity index (χ0) is 18.1. The van der Waals surface area contributed by atoms with E-state index >= 15 is 0 Å². The molecule has 1 aromatic heterocycles. The average molecular weight is 346 g/mol. The molecule has 0 unspecified atom stereocenters. The van der Waals surface area contributed by atoms with E-state index in [9.17, 15) is 14.7 Å². The van der Waals surface area contributed by atoms with Crippen LogP contribution in [0.4, 0.5) is 0 Å². The van der Waals surface area contributed by atoms with Crippen molar-refractivity contribution in [2.45, 2.75) is 12.8 Å². The molecule has 1 aliphatic heterocycles. The molecule has 0 saturated carbocycles. The topological polar surface area (TPSA) is 70.5 Å². The fourth-order valence-electron chi connectivity index (χ4n) is 3.42. The number of aromatic hydroxyl groups is 1. The summed E-state index contributed by atoms with van der Waals surface area (Å²) in [5, 5.41) is 11.4. The number of amides is 1. The van der Waals surface area contributed by atoms with Gasteiger partial charge in [0.1, 0.15) is 11.4 Å². The Morgan fingerprint density at radius 3 is 2.50 bits per heavy atom. The third kappa shape index (κ3) is 2.81. The summed E-state index contributed by atoms with van der Waals surface area (Å²) in [5.41, 5.74) is 2.58. The Balaban J connectivity index is 1.66. The number of fused-ring (bicyclic) bond motifs is 1. The number of nitrogens with zero attached hydrogens (tertiary/aromatic N) is 2. The Labute approximate surface area is 150 Å². The maximum atomic E-state index is 12.4. The van der Waals surface area contributed by atoms with Crippen molar-refractivity contribution in [2.24, 2.45) is 0 Å². The average Bonchev–Trinajstić information content (AvgIpc) is 3.22. The van der Waals surface area contributed by atoms with Gasteiger partial charge in [-0.05, 0) is 47.4 Å². The van der Waals surface area contributed by atoms with Gasteiger partial charge in [0.15, 0.2) is 6.29 Å². The van der Waals surface area contributed by atoms with Crippen LogP contribution >= 0.6 is 0 Å². The molecule has 2 aromatic carbocycles. The second-order valence-corrected chi connectivity index (χ2v) is 6.48. The number of phenols is 1. The minimum atomic E-state index is -0.0216. The molecule has 0 bridgehead atoms.